The van der Waals surface area contributed by atoms with Crippen molar-refractivity contribution in [1.82, 2.24) is 9.97 Å². The van der Waals surface area contributed by atoms with Crippen LogP contribution in [0.15, 0.2) is 12.4 Å². The second kappa shape index (κ2) is 4.61. The van der Waals surface area contributed by atoms with Crippen molar-refractivity contribution in [3.63, 3.8) is 0 Å². The van der Waals surface area contributed by atoms with E-state index in [0.717, 1.165) is 0 Å². The molecule has 0 bridgehead atoms. The third kappa shape index (κ3) is 2.06. The zero-order chi connectivity index (χ0) is 11.5. The number of carbonyl (C=O) groups is 2. The predicted octanol–water partition coefficient (Wildman–Crippen LogP) is 0.572. The van der Waals surface area contributed by atoms with E-state index in [1.54, 1.807) is 0 Å². The number of carbonyl (C=O) groups excluding carboxylic acids is 2. The Kier molecular flexibility index (Phi) is 3.19. The van der Waals surface area contributed by atoms with Crippen LogP contribution in [0.2, 0.25) is 0 Å². The van der Waals surface area contributed by atoms with Crippen LogP contribution in [0.25, 0.3) is 0 Å². The van der Waals surface area contributed by atoms with Gasteiger partial charge in [0.1, 0.15) is 0 Å². The summed E-state index contributed by atoms with van der Waals surface area (Å²) in [6.07, 6.45) is 3.99. The average molecular weight is 237 g/mol. The lowest BCUT2D eigenvalue weighted by Gasteiger charge is -2.13. The molecule has 1 saturated heterocycles. The highest BCUT2D eigenvalue weighted by molar-refractivity contribution is 7.80. The smallest absolute Gasteiger partial charge is 0.232 e. The molecule has 1 aromatic heterocycles. The Balaban J connectivity index is 2.18. The fraction of sp³-hybridized carbons (Fsp3) is 0.400. The van der Waals surface area contributed by atoms with E-state index >= 15 is 0 Å². The van der Waals surface area contributed by atoms with Crippen LogP contribution in [0, 0.1) is 5.92 Å². The third-order valence-corrected chi connectivity index (χ3v) is 3.02. The Morgan fingerprint density at radius 1 is 1.50 bits per heavy atom. The van der Waals surface area contributed by atoms with E-state index in [4.69, 9.17) is 0 Å². The van der Waals surface area contributed by atoms with Gasteiger partial charge in [0.25, 0.3) is 0 Å². The number of aromatic nitrogens is 2. The first kappa shape index (κ1) is 11.1. The van der Waals surface area contributed by atoms with Crippen LogP contribution in [0.5, 0.6) is 0 Å². The molecule has 0 N–H and O–H groups in total. The minimum absolute atomic E-state index is 0.0119. The van der Waals surface area contributed by atoms with Crippen molar-refractivity contribution in [3.05, 3.63) is 18.0 Å². The largest absolute Gasteiger partial charge is 0.298 e. The summed E-state index contributed by atoms with van der Waals surface area (Å²) in [4.78, 5) is 31.6. The lowest BCUT2D eigenvalue weighted by molar-refractivity contribution is -0.117. The van der Waals surface area contributed by atoms with Crippen LogP contribution in [0.3, 0.4) is 0 Å². The summed E-state index contributed by atoms with van der Waals surface area (Å²) in [6.45, 7) is 0.600. The Hall–Kier alpha value is -1.43. The van der Waals surface area contributed by atoms with Gasteiger partial charge in [0, 0.05) is 25.4 Å². The van der Waals surface area contributed by atoms with Gasteiger partial charge in [-0.1, -0.05) is 0 Å². The summed E-state index contributed by atoms with van der Waals surface area (Å²) in [5.41, 5.74) is 0.404. The summed E-state index contributed by atoms with van der Waals surface area (Å²) >= 11 is 4.17. The molecule has 84 valence electrons. The summed E-state index contributed by atoms with van der Waals surface area (Å²) in [5, 5.41) is 0. The maximum absolute atomic E-state index is 11.6. The molecule has 2 rings (SSSR count). The maximum atomic E-state index is 11.6. The third-order valence-electron chi connectivity index (χ3n) is 2.50. The van der Waals surface area contributed by atoms with Gasteiger partial charge in [0.05, 0.1) is 5.56 Å². The molecule has 1 amide bonds. The zero-order valence-corrected chi connectivity index (χ0v) is 9.43. The van der Waals surface area contributed by atoms with Gasteiger partial charge in [-0.15, -0.1) is 0 Å². The molecule has 5 nitrogen and oxygen atoms in total. The van der Waals surface area contributed by atoms with Crippen molar-refractivity contribution in [3.8, 4) is 0 Å². The van der Waals surface area contributed by atoms with Gasteiger partial charge in [0.2, 0.25) is 11.9 Å². The van der Waals surface area contributed by atoms with Gasteiger partial charge in [-0.3, -0.25) is 14.5 Å². The Morgan fingerprint density at radius 3 is 2.69 bits per heavy atom. The second-order valence-electron chi connectivity index (χ2n) is 3.69. The van der Waals surface area contributed by atoms with Crippen molar-refractivity contribution < 1.29 is 9.59 Å². The Morgan fingerprint density at radius 2 is 2.19 bits per heavy atom. The van der Waals surface area contributed by atoms with Crippen molar-refractivity contribution in [2.75, 3.05) is 17.2 Å². The molecule has 1 aliphatic rings. The highest BCUT2D eigenvalue weighted by Gasteiger charge is 2.31. The summed E-state index contributed by atoms with van der Waals surface area (Å²) in [7, 11) is 0. The molecule has 0 aliphatic carbocycles. The van der Waals surface area contributed by atoms with E-state index in [1.165, 1.54) is 17.3 Å². The molecule has 1 unspecified atom stereocenters. The van der Waals surface area contributed by atoms with E-state index in [9.17, 15) is 9.59 Å². The standard InChI is InChI=1S/C10H11N3O2S/c14-5-8-2-11-10(12-3-8)13-4-7(6-16)1-9(13)15/h2-3,5,7,16H,1,4,6H2. The first-order valence-corrected chi connectivity index (χ1v) is 5.56. The quantitative estimate of drug-likeness (QED) is 0.616. The minimum atomic E-state index is 0.0119. The van der Waals surface area contributed by atoms with E-state index in [-0.39, 0.29) is 11.8 Å². The van der Waals surface area contributed by atoms with Gasteiger partial charge >= 0.3 is 0 Å². The molecule has 0 saturated carbocycles. The number of amides is 1. The van der Waals surface area contributed by atoms with E-state index < -0.39 is 0 Å². The number of rotatable bonds is 3. The first-order chi connectivity index (χ1) is 7.74. The minimum Gasteiger partial charge on any atom is -0.298 e. The summed E-state index contributed by atoms with van der Waals surface area (Å²) in [6, 6.07) is 0. The van der Waals surface area contributed by atoms with Crippen molar-refractivity contribution in [1.29, 1.82) is 0 Å². The van der Waals surface area contributed by atoms with Gasteiger partial charge in [-0.2, -0.15) is 12.6 Å². The van der Waals surface area contributed by atoms with Gasteiger partial charge in [0.15, 0.2) is 6.29 Å². The summed E-state index contributed by atoms with van der Waals surface area (Å²) < 4.78 is 0. The normalized spacial score (nSPS) is 20.2. The first-order valence-electron chi connectivity index (χ1n) is 4.93. The fourth-order valence-corrected chi connectivity index (χ4v) is 1.87. The fourth-order valence-electron chi connectivity index (χ4n) is 1.63. The van der Waals surface area contributed by atoms with E-state index in [0.29, 0.717) is 36.5 Å². The maximum Gasteiger partial charge on any atom is 0.232 e. The Labute approximate surface area is 98.3 Å². The van der Waals surface area contributed by atoms with Gasteiger partial charge < -0.3 is 0 Å². The molecule has 16 heavy (non-hydrogen) atoms. The van der Waals surface area contributed by atoms with Gasteiger partial charge in [-0.25, -0.2) is 9.97 Å². The lowest BCUT2D eigenvalue weighted by atomic mass is 10.1. The number of hydrogen-bond acceptors (Lipinski definition) is 5. The number of thiol groups is 1. The van der Waals surface area contributed by atoms with E-state index in [2.05, 4.69) is 22.6 Å². The highest BCUT2D eigenvalue weighted by Crippen LogP contribution is 2.22. The number of aldehydes is 1. The van der Waals surface area contributed by atoms with Gasteiger partial charge in [-0.05, 0) is 11.7 Å². The predicted molar refractivity (Wildman–Crippen MR) is 61.7 cm³/mol. The van der Waals surface area contributed by atoms with Crippen molar-refractivity contribution in [2.45, 2.75) is 6.42 Å². The molecule has 0 spiro atoms. The molecule has 1 aromatic rings. The highest BCUT2D eigenvalue weighted by atomic mass is 32.1. The molecule has 6 heteroatoms. The molecule has 0 radical (unpaired) electrons. The SMILES string of the molecule is O=Cc1cnc(N2CC(CS)CC2=O)nc1. The Bertz CT molecular complexity index is 407. The average Bonchev–Trinajstić information content (AvgIpc) is 2.71. The van der Waals surface area contributed by atoms with E-state index in [1.807, 2.05) is 0 Å². The van der Waals surface area contributed by atoms with Crippen LogP contribution >= 0.6 is 12.6 Å². The zero-order valence-electron chi connectivity index (χ0n) is 8.54. The second-order valence-corrected chi connectivity index (χ2v) is 4.06. The number of anilines is 1. The molecule has 1 fully saturated rings. The summed E-state index contributed by atoms with van der Waals surface area (Å²) in [5.74, 6) is 1.30. The molecule has 1 atom stereocenters. The van der Waals surface area contributed by atoms with Crippen LogP contribution in [-0.4, -0.2) is 34.5 Å². The topological polar surface area (TPSA) is 63.2 Å². The molecular weight excluding hydrogens is 226 g/mol. The van der Waals surface area contributed by atoms with Crippen molar-refractivity contribution >= 4 is 30.8 Å². The molecular formula is C10H11N3O2S. The number of nitrogens with zero attached hydrogens (tertiary/aromatic N) is 3. The van der Waals surface area contributed by atoms with Crippen LogP contribution < -0.4 is 4.90 Å². The molecule has 2 heterocycles. The van der Waals surface area contributed by atoms with Crippen LogP contribution in [-0.2, 0) is 4.79 Å². The van der Waals surface area contributed by atoms with Crippen LogP contribution in [0.1, 0.15) is 16.8 Å². The monoisotopic (exact) mass is 237 g/mol. The van der Waals surface area contributed by atoms with Crippen molar-refractivity contribution in [2.24, 2.45) is 5.92 Å². The number of hydrogen-bond donors (Lipinski definition) is 1. The lowest BCUT2D eigenvalue weighted by Crippen LogP contribution is -2.26. The van der Waals surface area contributed by atoms with Crippen LogP contribution in [0.4, 0.5) is 5.95 Å². The molecule has 1 aliphatic heterocycles. The molecule has 0 aromatic carbocycles.